The van der Waals surface area contributed by atoms with Crippen LogP contribution in [0.4, 0.5) is 0 Å². The van der Waals surface area contributed by atoms with Crippen LogP contribution in [0, 0.1) is 6.92 Å². The van der Waals surface area contributed by atoms with E-state index in [9.17, 15) is 8.42 Å². The van der Waals surface area contributed by atoms with Gasteiger partial charge in [0.1, 0.15) is 10.7 Å². The number of nitrogens with one attached hydrogen (secondary N) is 1. The van der Waals surface area contributed by atoms with Crippen LogP contribution >= 0.6 is 0 Å². The molecule has 0 spiro atoms. The highest BCUT2D eigenvalue weighted by atomic mass is 32.2. The summed E-state index contributed by atoms with van der Waals surface area (Å²) in [6, 6.07) is 1.30. The highest BCUT2D eigenvalue weighted by Gasteiger charge is 2.36. The highest BCUT2D eigenvalue weighted by Crippen LogP contribution is 2.29. The number of piperazine rings is 1. The minimum atomic E-state index is -3.71. The van der Waals surface area contributed by atoms with Gasteiger partial charge in [0.25, 0.3) is 0 Å². The molecular formula is C16H21N7O2S. The van der Waals surface area contributed by atoms with E-state index in [1.54, 1.807) is 24.0 Å². The third-order valence-corrected chi connectivity index (χ3v) is 6.67. The number of pyridine rings is 1. The standard InChI is InChI=1S/C16H21N7O2S/c1-11-13-8-12(9-19-15(13)22(3)20-11)26(24,25)23-7-4-17-10-14(23)16-18-5-6-21(16)2/h5-6,8-9,14,17H,4,7,10H2,1-3H3. The first-order chi connectivity index (χ1) is 12.4. The number of rotatable bonds is 3. The first-order valence-corrected chi connectivity index (χ1v) is 9.82. The number of aromatic nitrogens is 5. The summed E-state index contributed by atoms with van der Waals surface area (Å²) in [4.78, 5) is 8.86. The number of hydrogen-bond acceptors (Lipinski definition) is 6. The van der Waals surface area contributed by atoms with E-state index in [0.717, 1.165) is 11.1 Å². The molecule has 0 radical (unpaired) electrons. The Labute approximate surface area is 151 Å². The molecule has 4 rings (SSSR count). The van der Waals surface area contributed by atoms with Crippen molar-refractivity contribution in [3.63, 3.8) is 0 Å². The molecule has 1 unspecified atom stereocenters. The van der Waals surface area contributed by atoms with Crippen molar-refractivity contribution in [1.29, 1.82) is 0 Å². The van der Waals surface area contributed by atoms with Crippen molar-refractivity contribution in [2.24, 2.45) is 14.1 Å². The van der Waals surface area contributed by atoms with E-state index in [1.807, 2.05) is 24.7 Å². The van der Waals surface area contributed by atoms with Gasteiger partial charge in [-0.1, -0.05) is 0 Å². The maximum atomic E-state index is 13.4. The van der Waals surface area contributed by atoms with Crippen molar-refractivity contribution in [3.05, 3.63) is 36.2 Å². The normalized spacial score (nSPS) is 19.3. The van der Waals surface area contributed by atoms with E-state index in [2.05, 4.69) is 20.4 Å². The second-order valence-electron chi connectivity index (χ2n) is 6.48. The predicted octanol–water partition coefficient (Wildman–Crippen LogP) is 0.345. The van der Waals surface area contributed by atoms with Crippen molar-refractivity contribution in [1.82, 2.24) is 33.9 Å². The van der Waals surface area contributed by atoms with Crippen LogP contribution in [0.15, 0.2) is 29.6 Å². The molecule has 138 valence electrons. The van der Waals surface area contributed by atoms with E-state index >= 15 is 0 Å². The Morgan fingerprint density at radius 3 is 2.81 bits per heavy atom. The van der Waals surface area contributed by atoms with Gasteiger partial charge in [0.05, 0.1) is 11.7 Å². The van der Waals surface area contributed by atoms with E-state index in [-0.39, 0.29) is 10.9 Å². The Balaban J connectivity index is 1.79. The molecule has 0 saturated carbocycles. The summed E-state index contributed by atoms with van der Waals surface area (Å²) in [5, 5.41) is 8.32. The van der Waals surface area contributed by atoms with Crippen LogP contribution in [0.25, 0.3) is 11.0 Å². The van der Waals surface area contributed by atoms with Gasteiger partial charge in [0.15, 0.2) is 5.65 Å². The maximum Gasteiger partial charge on any atom is 0.245 e. The highest BCUT2D eigenvalue weighted by molar-refractivity contribution is 7.89. The van der Waals surface area contributed by atoms with E-state index < -0.39 is 10.0 Å². The smallest absolute Gasteiger partial charge is 0.245 e. The molecule has 1 aliphatic heterocycles. The van der Waals surface area contributed by atoms with Gasteiger partial charge < -0.3 is 9.88 Å². The first kappa shape index (κ1) is 17.1. The molecule has 9 nitrogen and oxygen atoms in total. The maximum absolute atomic E-state index is 13.4. The van der Waals surface area contributed by atoms with Gasteiger partial charge in [0.2, 0.25) is 10.0 Å². The quantitative estimate of drug-likeness (QED) is 0.709. The van der Waals surface area contributed by atoms with Crippen LogP contribution in [0.2, 0.25) is 0 Å². The average molecular weight is 375 g/mol. The molecule has 1 atom stereocenters. The molecule has 10 heteroatoms. The van der Waals surface area contributed by atoms with Gasteiger partial charge in [0, 0.05) is 57.7 Å². The van der Waals surface area contributed by atoms with Gasteiger partial charge >= 0.3 is 0 Å². The van der Waals surface area contributed by atoms with Gasteiger partial charge in [-0.15, -0.1) is 0 Å². The third kappa shape index (κ3) is 2.61. The minimum Gasteiger partial charge on any atom is -0.337 e. The zero-order valence-corrected chi connectivity index (χ0v) is 15.7. The van der Waals surface area contributed by atoms with Gasteiger partial charge in [-0.05, 0) is 13.0 Å². The molecule has 1 fully saturated rings. The zero-order valence-electron chi connectivity index (χ0n) is 14.9. The van der Waals surface area contributed by atoms with Gasteiger partial charge in [-0.2, -0.15) is 9.40 Å². The van der Waals surface area contributed by atoms with Crippen LogP contribution in [0.5, 0.6) is 0 Å². The Morgan fingerprint density at radius 1 is 1.27 bits per heavy atom. The fraction of sp³-hybridized carbons (Fsp3) is 0.438. The lowest BCUT2D eigenvalue weighted by Gasteiger charge is -2.34. The molecular weight excluding hydrogens is 354 g/mol. The summed E-state index contributed by atoms with van der Waals surface area (Å²) < 4.78 is 31.7. The molecule has 0 bridgehead atoms. The van der Waals surface area contributed by atoms with Gasteiger partial charge in [-0.25, -0.2) is 18.4 Å². The molecule has 4 heterocycles. The number of aryl methyl sites for hydroxylation is 3. The molecule has 3 aromatic rings. The summed E-state index contributed by atoms with van der Waals surface area (Å²) in [5.41, 5.74) is 1.43. The van der Waals surface area contributed by atoms with E-state index in [0.29, 0.717) is 31.1 Å². The first-order valence-electron chi connectivity index (χ1n) is 8.38. The van der Waals surface area contributed by atoms with Crippen LogP contribution in [-0.4, -0.2) is 56.7 Å². The predicted molar refractivity (Wildman–Crippen MR) is 96.0 cm³/mol. The minimum absolute atomic E-state index is 0.183. The van der Waals surface area contributed by atoms with Crippen molar-refractivity contribution >= 4 is 21.1 Å². The monoisotopic (exact) mass is 375 g/mol. The Hall–Kier alpha value is -2.30. The van der Waals surface area contributed by atoms with E-state index in [4.69, 9.17) is 0 Å². The molecule has 0 aliphatic carbocycles. The number of fused-ring (bicyclic) bond motifs is 1. The molecule has 26 heavy (non-hydrogen) atoms. The van der Waals surface area contributed by atoms with Crippen molar-refractivity contribution in [2.45, 2.75) is 17.9 Å². The van der Waals surface area contributed by atoms with Crippen molar-refractivity contribution in [3.8, 4) is 0 Å². The van der Waals surface area contributed by atoms with Crippen LogP contribution < -0.4 is 5.32 Å². The lowest BCUT2D eigenvalue weighted by atomic mass is 10.2. The Kier molecular flexibility index (Phi) is 4.05. The fourth-order valence-corrected chi connectivity index (χ4v) is 5.02. The number of sulfonamides is 1. The SMILES string of the molecule is Cc1nn(C)c2ncc(S(=O)(=O)N3CCNCC3c3nccn3C)cc12. The number of nitrogens with zero attached hydrogens (tertiary/aromatic N) is 6. The van der Waals surface area contributed by atoms with E-state index in [1.165, 1.54) is 10.5 Å². The molecule has 3 aromatic heterocycles. The topological polar surface area (TPSA) is 97.9 Å². The Bertz CT molecular complexity index is 1070. The summed E-state index contributed by atoms with van der Waals surface area (Å²) >= 11 is 0. The Morgan fingerprint density at radius 2 is 2.08 bits per heavy atom. The molecule has 0 amide bonds. The van der Waals surface area contributed by atoms with Crippen molar-refractivity contribution in [2.75, 3.05) is 19.6 Å². The van der Waals surface area contributed by atoms with Gasteiger partial charge in [-0.3, -0.25) is 4.68 Å². The second-order valence-corrected chi connectivity index (χ2v) is 8.37. The molecule has 1 aliphatic rings. The lowest BCUT2D eigenvalue weighted by Crippen LogP contribution is -2.49. The second kappa shape index (κ2) is 6.15. The van der Waals surface area contributed by atoms with Crippen LogP contribution in [-0.2, 0) is 24.1 Å². The fourth-order valence-electron chi connectivity index (χ4n) is 3.46. The third-order valence-electron chi connectivity index (χ3n) is 4.80. The van der Waals surface area contributed by atoms with Crippen molar-refractivity contribution < 1.29 is 8.42 Å². The lowest BCUT2D eigenvalue weighted by molar-refractivity contribution is 0.258. The van der Waals surface area contributed by atoms with Crippen LogP contribution in [0.1, 0.15) is 17.6 Å². The molecule has 1 saturated heterocycles. The average Bonchev–Trinajstić information content (AvgIpc) is 3.18. The summed E-state index contributed by atoms with van der Waals surface area (Å²) in [5.74, 6) is 0.715. The van der Waals surface area contributed by atoms with Crippen LogP contribution in [0.3, 0.4) is 0 Å². The largest absolute Gasteiger partial charge is 0.337 e. The summed E-state index contributed by atoms with van der Waals surface area (Å²) in [7, 11) is -0.0476. The zero-order chi connectivity index (χ0) is 18.5. The summed E-state index contributed by atoms with van der Waals surface area (Å²) in [6.45, 7) is 3.35. The molecule has 0 aromatic carbocycles. The number of imidazole rings is 1. The summed E-state index contributed by atoms with van der Waals surface area (Å²) in [6.07, 6.45) is 4.92. The molecule has 1 N–H and O–H groups in total. The number of hydrogen-bond donors (Lipinski definition) is 1.